The number of aromatic nitrogens is 5. The summed E-state index contributed by atoms with van der Waals surface area (Å²) in [5.74, 6) is 4.44. The minimum absolute atomic E-state index is 0.342. The normalized spacial score (nSPS) is 23.4. The topological polar surface area (TPSA) is 81.0 Å². The zero-order valence-corrected chi connectivity index (χ0v) is 16.4. The molecule has 5 rings (SSSR count). The maximum atomic E-state index is 5.30. The average molecular weight is 379 g/mol. The van der Waals surface area contributed by atoms with Crippen molar-refractivity contribution in [2.24, 2.45) is 17.8 Å². The third-order valence-electron chi connectivity index (χ3n) is 5.93. The number of pyridine rings is 1. The predicted molar refractivity (Wildman–Crippen MR) is 108 cm³/mol. The van der Waals surface area contributed by atoms with Gasteiger partial charge < -0.3 is 19.5 Å². The summed E-state index contributed by atoms with van der Waals surface area (Å²) in [5, 5.41) is 3.32. The summed E-state index contributed by atoms with van der Waals surface area (Å²) < 4.78 is 7.44. The molecule has 0 bridgehead atoms. The molecular formula is C20H25N7O. The van der Waals surface area contributed by atoms with Gasteiger partial charge in [0.1, 0.15) is 17.2 Å². The Hall–Kier alpha value is -2.74. The molecule has 2 unspecified atom stereocenters. The highest BCUT2D eigenvalue weighted by Crippen LogP contribution is 2.52. The predicted octanol–water partition coefficient (Wildman–Crippen LogP) is 2.87. The number of anilines is 3. The number of nitrogens with zero attached hydrogens (tertiary/aromatic N) is 6. The van der Waals surface area contributed by atoms with E-state index in [9.17, 15) is 0 Å². The van der Waals surface area contributed by atoms with E-state index in [4.69, 9.17) is 9.72 Å². The largest absolute Gasteiger partial charge is 0.384 e. The number of fused-ring (bicyclic) bond motifs is 2. The maximum absolute atomic E-state index is 5.30. The van der Waals surface area contributed by atoms with Crippen molar-refractivity contribution >= 4 is 28.6 Å². The van der Waals surface area contributed by atoms with Crippen molar-refractivity contribution in [3.8, 4) is 0 Å². The second-order valence-corrected chi connectivity index (χ2v) is 8.02. The van der Waals surface area contributed by atoms with E-state index in [1.54, 1.807) is 19.5 Å². The van der Waals surface area contributed by atoms with Gasteiger partial charge in [-0.1, -0.05) is 0 Å². The molecule has 0 aromatic carbocycles. The monoisotopic (exact) mass is 379 g/mol. The molecule has 0 amide bonds. The summed E-state index contributed by atoms with van der Waals surface area (Å²) >= 11 is 0. The smallest absolute Gasteiger partial charge is 0.227 e. The lowest BCUT2D eigenvalue weighted by molar-refractivity contribution is 0.176. The summed E-state index contributed by atoms with van der Waals surface area (Å²) in [7, 11) is 1.78. The molecular weight excluding hydrogens is 354 g/mol. The van der Waals surface area contributed by atoms with E-state index in [-0.39, 0.29) is 0 Å². The Labute approximate surface area is 164 Å². The van der Waals surface area contributed by atoms with Gasteiger partial charge in [0.15, 0.2) is 0 Å². The highest BCUT2D eigenvalue weighted by Gasteiger charge is 2.55. The zero-order valence-electron chi connectivity index (χ0n) is 16.4. The average Bonchev–Trinajstić information content (AvgIpc) is 3.04. The highest BCUT2D eigenvalue weighted by atomic mass is 16.5. The van der Waals surface area contributed by atoms with Gasteiger partial charge in [0.05, 0.1) is 18.0 Å². The first-order valence-corrected chi connectivity index (χ1v) is 9.80. The molecule has 8 nitrogen and oxygen atoms in total. The van der Waals surface area contributed by atoms with E-state index >= 15 is 0 Å². The number of hydrogen-bond acceptors (Lipinski definition) is 7. The first-order chi connectivity index (χ1) is 13.6. The maximum Gasteiger partial charge on any atom is 0.227 e. The van der Waals surface area contributed by atoms with Gasteiger partial charge in [-0.2, -0.15) is 4.98 Å². The Morgan fingerprint density at radius 1 is 1.18 bits per heavy atom. The molecule has 4 heterocycles. The summed E-state index contributed by atoms with van der Waals surface area (Å²) in [5.41, 5.74) is 1.95. The molecule has 2 atom stereocenters. The molecule has 8 heteroatoms. The van der Waals surface area contributed by atoms with Gasteiger partial charge in [-0.05, 0) is 37.7 Å². The Morgan fingerprint density at radius 3 is 2.75 bits per heavy atom. The SMILES string of the molecule is COCC1C2CN(c3nccc(Nc4cc5c(cn4)ncn5C(C)C)n3)CC12. The second-order valence-electron chi connectivity index (χ2n) is 8.02. The standard InChI is InChI=1S/C20H25N7O/c1-12(2)27-11-23-16-7-22-19(6-17(16)27)24-18-4-5-21-20(25-18)26-8-13-14(9-26)15(13)10-28-3/h4-7,11-15H,8-10H2,1-3H3,(H,21,22,24,25). The van der Waals surface area contributed by atoms with Crippen molar-refractivity contribution in [1.82, 2.24) is 24.5 Å². The Kier molecular flexibility index (Phi) is 4.16. The van der Waals surface area contributed by atoms with Crippen LogP contribution in [0.25, 0.3) is 11.0 Å². The molecule has 2 aliphatic rings. The highest BCUT2D eigenvalue weighted by molar-refractivity contribution is 5.78. The number of piperidine rings is 1. The van der Waals surface area contributed by atoms with Crippen LogP contribution in [0.5, 0.6) is 0 Å². The minimum Gasteiger partial charge on any atom is -0.384 e. The fourth-order valence-electron chi connectivity index (χ4n) is 4.36. The number of imidazole rings is 1. The van der Waals surface area contributed by atoms with E-state index in [2.05, 4.69) is 43.6 Å². The molecule has 0 spiro atoms. The third kappa shape index (κ3) is 2.97. The van der Waals surface area contributed by atoms with Crippen molar-refractivity contribution in [1.29, 1.82) is 0 Å². The van der Waals surface area contributed by atoms with Crippen LogP contribution in [0.15, 0.2) is 30.9 Å². The molecule has 146 valence electrons. The molecule has 3 aromatic heterocycles. The minimum atomic E-state index is 0.342. The van der Waals surface area contributed by atoms with E-state index in [1.165, 1.54) is 0 Å². The van der Waals surface area contributed by atoms with Crippen molar-refractivity contribution in [2.45, 2.75) is 19.9 Å². The Morgan fingerprint density at radius 2 is 2.00 bits per heavy atom. The lowest BCUT2D eigenvalue weighted by atomic mass is 10.3. The lowest BCUT2D eigenvalue weighted by Crippen LogP contribution is -2.26. The van der Waals surface area contributed by atoms with Gasteiger partial charge in [-0.15, -0.1) is 0 Å². The van der Waals surface area contributed by atoms with Gasteiger partial charge in [0.25, 0.3) is 0 Å². The van der Waals surface area contributed by atoms with Gasteiger partial charge >= 0.3 is 0 Å². The van der Waals surface area contributed by atoms with Crippen LogP contribution in [0.4, 0.5) is 17.6 Å². The summed E-state index contributed by atoms with van der Waals surface area (Å²) in [4.78, 5) is 20.4. The van der Waals surface area contributed by atoms with E-state index < -0.39 is 0 Å². The molecule has 1 aliphatic carbocycles. The number of rotatable bonds is 6. The van der Waals surface area contributed by atoms with Crippen molar-refractivity contribution in [3.63, 3.8) is 0 Å². The molecule has 3 aromatic rings. The van der Waals surface area contributed by atoms with E-state index in [1.807, 2.05) is 18.5 Å². The van der Waals surface area contributed by atoms with Crippen LogP contribution in [0.2, 0.25) is 0 Å². The van der Waals surface area contributed by atoms with Gasteiger partial charge in [0, 0.05) is 45.1 Å². The molecule has 1 saturated heterocycles. The summed E-state index contributed by atoms with van der Waals surface area (Å²) in [6.07, 6.45) is 5.46. The van der Waals surface area contributed by atoms with E-state index in [0.29, 0.717) is 12.0 Å². The molecule has 1 N–H and O–H groups in total. The van der Waals surface area contributed by atoms with Crippen LogP contribution >= 0.6 is 0 Å². The van der Waals surface area contributed by atoms with E-state index in [0.717, 1.165) is 60.1 Å². The molecule has 2 fully saturated rings. The van der Waals surface area contributed by atoms with Crippen LogP contribution in [-0.4, -0.2) is 51.3 Å². The Bertz CT molecular complexity index is 989. The van der Waals surface area contributed by atoms with Crippen LogP contribution in [0, 0.1) is 17.8 Å². The van der Waals surface area contributed by atoms with Crippen LogP contribution in [0.1, 0.15) is 19.9 Å². The molecule has 1 aliphatic heterocycles. The Balaban J connectivity index is 1.32. The molecule has 28 heavy (non-hydrogen) atoms. The second kappa shape index (κ2) is 6.70. The third-order valence-corrected chi connectivity index (χ3v) is 5.93. The van der Waals surface area contributed by atoms with Gasteiger partial charge in [-0.25, -0.2) is 15.0 Å². The fourth-order valence-corrected chi connectivity index (χ4v) is 4.36. The number of hydrogen-bond donors (Lipinski definition) is 1. The van der Waals surface area contributed by atoms with Gasteiger partial charge in [-0.3, -0.25) is 0 Å². The number of nitrogens with one attached hydrogen (secondary N) is 1. The summed E-state index contributed by atoms with van der Waals surface area (Å²) in [6.45, 7) is 7.18. The summed E-state index contributed by atoms with van der Waals surface area (Å²) in [6, 6.07) is 4.24. The lowest BCUT2D eigenvalue weighted by Gasteiger charge is -2.20. The van der Waals surface area contributed by atoms with Crippen LogP contribution < -0.4 is 10.2 Å². The molecule has 1 saturated carbocycles. The fraction of sp³-hybridized carbons (Fsp3) is 0.500. The van der Waals surface area contributed by atoms with Crippen LogP contribution in [0.3, 0.4) is 0 Å². The number of ether oxygens (including phenoxy) is 1. The van der Waals surface area contributed by atoms with Crippen molar-refractivity contribution in [3.05, 3.63) is 30.9 Å². The quantitative estimate of drug-likeness (QED) is 0.705. The number of methoxy groups -OCH3 is 1. The first-order valence-electron chi connectivity index (χ1n) is 9.80. The van der Waals surface area contributed by atoms with Crippen molar-refractivity contribution in [2.75, 3.05) is 37.0 Å². The zero-order chi connectivity index (χ0) is 19.3. The van der Waals surface area contributed by atoms with Crippen LogP contribution in [-0.2, 0) is 4.74 Å². The van der Waals surface area contributed by atoms with Crippen molar-refractivity contribution < 1.29 is 4.74 Å². The molecule has 0 radical (unpaired) electrons. The van der Waals surface area contributed by atoms with Gasteiger partial charge in [0.2, 0.25) is 5.95 Å². The first kappa shape index (κ1) is 17.4.